The molecule has 0 bridgehead atoms. The zero-order chi connectivity index (χ0) is 22.4. The molecule has 0 spiro atoms. The molecular formula is C22H19F3N4O2. The van der Waals surface area contributed by atoms with Crippen LogP contribution in [0.15, 0.2) is 66.9 Å². The fraction of sp³-hybridized carbons (Fsp3) is 0.136. The van der Waals surface area contributed by atoms with Crippen molar-refractivity contribution in [3.8, 4) is 5.69 Å². The zero-order valence-electron chi connectivity index (χ0n) is 16.5. The highest BCUT2D eigenvalue weighted by Gasteiger charge is 2.33. The molecule has 0 saturated heterocycles. The van der Waals surface area contributed by atoms with Gasteiger partial charge in [-0.3, -0.25) is 9.59 Å². The van der Waals surface area contributed by atoms with Crippen molar-refractivity contribution in [3.63, 3.8) is 0 Å². The summed E-state index contributed by atoms with van der Waals surface area (Å²) in [6.07, 6.45) is -0.242. The van der Waals surface area contributed by atoms with E-state index < -0.39 is 11.9 Å². The van der Waals surface area contributed by atoms with E-state index in [1.807, 2.05) is 0 Å². The van der Waals surface area contributed by atoms with Crippen molar-refractivity contribution in [1.29, 1.82) is 0 Å². The topological polar surface area (TPSA) is 76.0 Å². The van der Waals surface area contributed by atoms with Gasteiger partial charge in [0.2, 0.25) is 5.91 Å². The SMILES string of the molecule is CNC(=O)c1ccc(/C=C/C(=O)NCc2ccc(-n3ccc(C(F)(F)F)n3)cc2)cc1. The minimum Gasteiger partial charge on any atom is -0.355 e. The van der Waals surface area contributed by atoms with Crippen molar-refractivity contribution in [1.82, 2.24) is 20.4 Å². The van der Waals surface area contributed by atoms with Crippen LogP contribution in [0.25, 0.3) is 11.8 Å². The highest BCUT2D eigenvalue weighted by atomic mass is 19.4. The predicted molar refractivity (Wildman–Crippen MR) is 109 cm³/mol. The summed E-state index contributed by atoms with van der Waals surface area (Å²) in [6.45, 7) is 0.256. The molecule has 3 rings (SSSR count). The molecule has 3 aromatic rings. The summed E-state index contributed by atoms with van der Waals surface area (Å²) in [5.41, 5.74) is 1.59. The molecular weight excluding hydrogens is 409 g/mol. The Hall–Kier alpha value is -3.88. The Balaban J connectivity index is 1.54. The molecule has 1 aromatic heterocycles. The number of rotatable bonds is 6. The summed E-state index contributed by atoms with van der Waals surface area (Å²) >= 11 is 0. The zero-order valence-corrected chi connectivity index (χ0v) is 16.5. The Bertz CT molecular complexity index is 1090. The number of hydrogen-bond acceptors (Lipinski definition) is 3. The van der Waals surface area contributed by atoms with Gasteiger partial charge in [0, 0.05) is 31.4 Å². The average molecular weight is 428 g/mol. The lowest BCUT2D eigenvalue weighted by molar-refractivity contribution is -0.141. The van der Waals surface area contributed by atoms with Gasteiger partial charge >= 0.3 is 6.18 Å². The molecule has 0 fully saturated rings. The van der Waals surface area contributed by atoms with Crippen molar-refractivity contribution < 1.29 is 22.8 Å². The van der Waals surface area contributed by atoms with E-state index in [0.717, 1.165) is 21.9 Å². The average Bonchev–Trinajstić information content (AvgIpc) is 3.27. The van der Waals surface area contributed by atoms with Crippen LogP contribution in [0.1, 0.15) is 27.2 Å². The van der Waals surface area contributed by atoms with Crippen LogP contribution in [0.3, 0.4) is 0 Å². The smallest absolute Gasteiger partial charge is 0.355 e. The van der Waals surface area contributed by atoms with Gasteiger partial charge in [-0.05, 0) is 47.5 Å². The van der Waals surface area contributed by atoms with Crippen LogP contribution >= 0.6 is 0 Å². The maximum atomic E-state index is 12.7. The van der Waals surface area contributed by atoms with Crippen LogP contribution < -0.4 is 10.6 Å². The first kappa shape index (κ1) is 21.8. The van der Waals surface area contributed by atoms with Crippen molar-refractivity contribution in [2.45, 2.75) is 12.7 Å². The largest absolute Gasteiger partial charge is 0.435 e. The molecule has 160 valence electrons. The molecule has 0 radical (unpaired) electrons. The summed E-state index contributed by atoms with van der Waals surface area (Å²) in [5.74, 6) is -0.492. The second kappa shape index (κ2) is 9.29. The second-order valence-electron chi connectivity index (χ2n) is 6.56. The monoisotopic (exact) mass is 428 g/mol. The van der Waals surface area contributed by atoms with Crippen molar-refractivity contribution in [3.05, 3.63) is 89.3 Å². The first-order chi connectivity index (χ1) is 14.8. The molecule has 2 N–H and O–H groups in total. The number of carbonyl (C=O) groups is 2. The van der Waals surface area contributed by atoms with E-state index in [2.05, 4.69) is 15.7 Å². The van der Waals surface area contributed by atoms with Gasteiger partial charge in [0.25, 0.3) is 5.91 Å². The van der Waals surface area contributed by atoms with Gasteiger partial charge in [-0.15, -0.1) is 0 Å². The summed E-state index contributed by atoms with van der Waals surface area (Å²) in [6, 6.07) is 14.3. The number of nitrogens with zero attached hydrogens (tertiary/aromatic N) is 2. The Morgan fingerprint density at radius 2 is 1.71 bits per heavy atom. The van der Waals surface area contributed by atoms with Crippen LogP contribution in [0.2, 0.25) is 0 Å². The normalized spacial score (nSPS) is 11.5. The molecule has 0 aliphatic rings. The maximum absolute atomic E-state index is 12.7. The molecule has 0 unspecified atom stereocenters. The highest BCUT2D eigenvalue weighted by Crippen LogP contribution is 2.27. The third kappa shape index (κ3) is 5.81. The third-order valence-electron chi connectivity index (χ3n) is 4.37. The van der Waals surface area contributed by atoms with E-state index in [-0.39, 0.29) is 18.4 Å². The molecule has 9 heteroatoms. The standard InChI is InChI=1S/C22H19F3N4O2/c1-26-21(31)17-7-2-15(3-8-17)6-11-20(30)27-14-16-4-9-18(10-5-16)29-13-12-19(28-29)22(23,24)25/h2-13H,14H2,1H3,(H,26,31)(H,27,30)/b11-6+. The van der Waals surface area contributed by atoms with Gasteiger partial charge in [0.15, 0.2) is 5.69 Å². The molecule has 0 saturated carbocycles. The van der Waals surface area contributed by atoms with Gasteiger partial charge < -0.3 is 10.6 Å². The van der Waals surface area contributed by atoms with E-state index in [4.69, 9.17) is 0 Å². The van der Waals surface area contributed by atoms with E-state index in [1.165, 1.54) is 12.3 Å². The van der Waals surface area contributed by atoms with Gasteiger partial charge in [-0.25, -0.2) is 4.68 Å². The first-order valence-electron chi connectivity index (χ1n) is 9.26. The molecule has 2 aromatic carbocycles. The Labute approximate surface area is 176 Å². The quantitative estimate of drug-likeness (QED) is 0.590. The number of halogens is 3. The Morgan fingerprint density at radius 1 is 1.03 bits per heavy atom. The summed E-state index contributed by atoms with van der Waals surface area (Å²) in [5, 5.41) is 8.78. The van der Waals surface area contributed by atoms with Crippen molar-refractivity contribution in [2.75, 3.05) is 7.05 Å². The van der Waals surface area contributed by atoms with E-state index >= 15 is 0 Å². The summed E-state index contributed by atoms with van der Waals surface area (Å²) in [7, 11) is 1.55. The Kier molecular flexibility index (Phi) is 6.54. The number of carbonyl (C=O) groups excluding carboxylic acids is 2. The number of amides is 2. The summed E-state index contributed by atoms with van der Waals surface area (Å²) in [4.78, 5) is 23.5. The van der Waals surface area contributed by atoms with Gasteiger partial charge in [0.1, 0.15) is 0 Å². The molecule has 0 aliphatic carbocycles. The fourth-order valence-corrected chi connectivity index (χ4v) is 2.70. The predicted octanol–water partition coefficient (Wildman–Crippen LogP) is 3.58. The molecule has 0 aliphatic heterocycles. The van der Waals surface area contributed by atoms with Gasteiger partial charge in [0.05, 0.1) is 5.69 Å². The van der Waals surface area contributed by atoms with E-state index in [9.17, 15) is 22.8 Å². The molecule has 6 nitrogen and oxygen atoms in total. The number of alkyl halides is 3. The minimum atomic E-state index is -4.49. The third-order valence-corrected chi connectivity index (χ3v) is 4.37. The molecule has 2 amide bonds. The van der Waals surface area contributed by atoms with Crippen molar-refractivity contribution in [2.24, 2.45) is 0 Å². The maximum Gasteiger partial charge on any atom is 0.435 e. The molecule has 31 heavy (non-hydrogen) atoms. The van der Waals surface area contributed by atoms with Gasteiger partial charge in [-0.1, -0.05) is 24.3 Å². The number of aromatic nitrogens is 2. The molecule has 1 heterocycles. The lowest BCUT2D eigenvalue weighted by atomic mass is 10.1. The van der Waals surface area contributed by atoms with E-state index in [1.54, 1.807) is 61.7 Å². The summed E-state index contributed by atoms with van der Waals surface area (Å²) < 4.78 is 39.1. The minimum absolute atomic E-state index is 0.187. The van der Waals surface area contributed by atoms with Crippen LogP contribution in [0, 0.1) is 0 Å². The van der Waals surface area contributed by atoms with E-state index in [0.29, 0.717) is 11.3 Å². The Morgan fingerprint density at radius 3 is 2.29 bits per heavy atom. The van der Waals surface area contributed by atoms with Crippen LogP contribution in [-0.4, -0.2) is 28.6 Å². The van der Waals surface area contributed by atoms with Crippen LogP contribution in [-0.2, 0) is 17.5 Å². The fourth-order valence-electron chi connectivity index (χ4n) is 2.70. The molecule has 0 atom stereocenters. The first-order valence-corrected chi connectivity index (χ1v) is 9.26. The van der Waals surface area contributed by atoms with Gasteiger partial charge in [-0.2, -0.15) is 18.3 Å². The van der Waals surface area contributed by atoms with Crippen molar-refractivity contribution >= 4 is 17.9 Å². The highest BCUT2D eigenvalue weighted by molar-refractivity contribution is 5.94. The number of nitrogens with one attached hydrogen (secondary N) is 2. The second-order valence-corrected chi connectivity index (χ2v) is 6.56. The lowest BCUT2D eigenvalue weighted by Gasteiger charge is -2.06. The van der Waals surface area contributed by atoms with Crippen LogP contribution in [0.4, 0.5) is 13.2 Å². The lowest BCUT2D eigenvalue weighted by Crippen LogP contribution is -2.20. The van der Waals surface area contributed by atoms with Crippen LogP contribution in [0.5, 0.6) is 0 Å². The number of benzene rings is 2. The number of hydrogen-bond donors (Lipinski definition) is 2.